The maximum absolute atomic E-state index is 13.1. The van der Waals surface area contributed by atoms with Crippen LogP contribution in [0.4, 0.5) is 18.9 Å². The Labute approximate surface area is 156 Å². The Morgan fingerprint density at radius 3 is 2.77 bits per heavy atom. The zero-order valence-electron chi connectivity index (χ0n) is 13.5. The van der Waals surface area contributed by atoms with Gasteiger partial charge in [0.2, 0.25) is 0 Å². The molecule has 1 amide bonds. The first-order valence-corrected chi connectivity index (χ1v) is 9.01. The van der Waals surface area contributed by atoms with E-state index in [1.54, 1.807) is 0 Å². The third kappa shape index (κ3) is 4.73. The van der Waals surface area contributed by atoms with Gasteiger partial charge in [0.15, 0.2) is 0 Å². The average Bonchev–Trinajstić information content (AvgIpc) is 3.05. The molecule has 0 spiro atoms. The van der Waals surface area contributed by atoms with Crippen LogP contribution >= 0.6 is 22.9 Å². The zero-order chi connectivity index (χ0) is 18.7. The first kappa shape index (κ1) is 19.1. The van der Waals surface area contributed by atoms with Gasteiger partial charge in [0.05, 0.1) is 31.0 Å². The molecule has 0 radical (unpaired) electrons. The van der Waals surface area contributed by atoms with E-state index in [4.69, 9.17) is 16.3 Å². The Kier molecular flexibility index (Phi) is 5.81. The third-order valence-corrected chi connectivity index (χ3v) is 4.85. The standard InChI is InChI=1S/C16H15ClF3N3O2S/c17-10-1-2-12(11(7-10)16(18,19)20)22-15(24)13-9-26-14(21-13)8-23-3-5-25-6-4-23/h1-2,7,9H,3-6,8H2,(H,22,24). The number of alkyl halides is 3. The van der Waals surface area contributed by atoms with E-state index in [1.807, 2.05) is 0 Å². The number of carbonyl (C=O) groups excluding carboxylic acids is 1. The highest BCUT2D eigenvalue weighted by molar-refractivity contribution is 7.09. The number of ether oxygens (including phenoxy) is 1. The van der Waals surface area contributed by atoms with Crippen LogP contribution < -0.4 is 5.32 Å². The lowest BCUT2D eigenvalue weighted by Crippen LogP contribution is -2.35. The normalized spacial score (nSPS) is 15.8. The van der Waals surface area contributed by atoms with Crippen molar-refractivity contribution in [3.05, 3.63) is 44.9 Å². The largest absolute Gasteiger partial charge is 0.418 e. The highest BCUT2D eigenvalue weighted by Crippen LogP contribution is 2.36. The van der Waals surface area contributed by atoms with E-state index in [9.17, 15) is 18.0 Å². The second-order valence-electron chi connectivity index (χ2n) is 5.66. The highest BCUT2D eigenvalue weighted by Gasteiger charge is 2.34. The summed E-state index contributed by atoms with van der Waals surface area (Å²) in [4.78, 5) is 18.7. The number of thiazole rings is 1. The first-order chi connectivity index (χ1) is 12.3. The molecule has 1 aromatic carbocycles. The number of morpholine rings is 1. The number of amides is 1. The molecule has 0 saturated carbocycles. The maximum atomic E-state index is 13.1. The molecule has 0 aliphatic carbocycles. The molecular formula is C16H15ClF3N3O2S. The van der Waals surface area contributed by atoms with Gasteiger partial charge < -0.3 is 10.1 Å². The topological polar surface area (TPSA) is 54.5 Å². The molecule has 10 heteroatoms. The van der Waals surface area contributed by atoms with Gasteiger partial charge in [-0.15, -0.1) is 11.3 Å². The summed E-state index contributed by atoms with van der Waals surface area (Å²) in [6, 6.07) is 3.20. The van der Waals surface area contributed by atoms with E-state index in [2.05, 4.69) is 15.2 Å². The molecule has 1 saturated heterocycles. The van der Waals surface area contributed by atoms with Gasteiger partial charge in [-0.25, -0.2) is 4.98 Å². The minimum Gasteiger partial charge on any atom is -0.379 e. The lowest BCUT2D eigenvalue weighted by atomic mass is 10.1. The monoisotopic (exact) mass is 405 g/mol. The number of carbonyl (C=O) groups is 1. The zero-order valence-corrected chi connectivity index (χ0v) is 15.0. The third-order valence-electron chi connectivity index (χ3n) is 3.78. The molecule has 0 unspecified atom stereocenters. The molecule has 2 aromatic rings. The van der Waals surface area contributed by atoms with Gasteiger partial charge in [-0.3, -0.25) is 9.69 Å². The van der Waals surface area contributed by atoms with Crippen molar-refractivity contribution >= 4 is 34.5 Å². The number of nitrogens with one attached hydrogen (secondary N) is 1. The summed E-state index contributed by atoms with van der Waals surface area (Å²) in [5, 5.41) is 4.47. The Morgan fingerprint density at radius 1 is 1.35 bits per heavy atom. The number of hydrogen-bond donors (Lipinski definition) is 1. The SMILES string of the molecule is O=C(Nc1ccc(Cl)cc1C(F)(F)F)c1csc(CN2CCOCC2)n1. The van der Waals surface area contributed by atoms with Crippen LogP contribution in [0.5, 0.6) is 0 Å². The van der Waals surface area contributed by atoms with Gasteiger partial charge in [-0.2, -0.15) is 13.2 Å². The van der Waals surface area contributed by atoms with Crippen molar-refractivity contribution in [2.24, 2.45) is 0 Å². The lowest BCUT2D eigenvalue weighted by molar-refractivity contribution is -0.136. The maximum Gasteiger partial charge on any atom is 0.418 e. The van der Waals surface area contributed by atoms with Crippen molar-refractivity contribution < 1.29 is 22.7 Å². The molecule has 5 nitrogen and oxygen atoms in total. The molecule has 1 N–H and O–H groups in total. The summed E-state index contributed by atoms with van der Waals surface area (Å²) < 4.78 is 44.6. The molecule has 26 heavy (non-hydrogen) atoms. The van der Waals surface area contributed by atoms with Crippen LogP contribution in [0.2, 0.25) is 5.02 Å². The van der Waals surface area contributed by atoms with E-state index in [-0.39, 0.29) is 16.4 Å². The van der Waals surface area contributed by atoms with E-state index < -0.39 is 17.6 Å². The van der Waals surface area contributed by atoms with Gasteiger partial charge in [0, 0.05) is 23.5 Å². The fourth-order valence-electron chi connectivity index (χ4n) is 2.48. The van der Waals surface area contributed by atoms with Crippen molar-refractivity contribution in [3.63, 3.8) is 0 Å². The number of anilines is 1. The van der Waals surface area contributed by atoms with Crippen LogP contribution in [-0.4, -0.2) is 42.1 Å². The molecule has 0 bridgehead atoms. The number of rotatable bonds is 4. The Morgan fingerprint density at radius 2 is 2.08 bits per heavy atom. The van der Waals surface area contributed by atoms with Crippen LogP contribution in [-0.2, 0) is 17.5 Å². The Balaban J connectivity index is 1.71. The van der Waals surface area contributed by atoms with E-state index in [0.29, 0.717) is 19.8 Å². The Hall–Kier alpha value is -1.68. The number of halogens is 4. The fourth-order valence-corrected chi connectivity index (χ4v) is 3.47. The molecule has 2 heterocycles. The molecular weight excluding hydrogens is 391 g/mol. The van der Waals surface area contributed by atoms with Gasteiger partial charge in [0.1, 0.15) is 10.7 Å². The van der Waals surface area contributed by atoms with E-state index in [1.165, 1.54) is 22.8 Å². The van der Waals surface area contributed by atoms with Crippen molar-refractivity contribution in [1.29, 1.82) is 0 Å². The van der Waals surface area contributed by atoms with Crippen LogP contribution in [0.3, 0.4) is 0 Å². The molecule has 0 atom stereocenters. The second kappa shape index (κ2) is 7.91. The van der Waals surface area contributed by atoms with E-state index >= 15 is 0 Å². The molecule has 1 aliphatic heterocycles. The molecule has 140 valence electrons. The predicted octanol–water partition coefficient (Wildman–Crippen LogP) is 3.90. The number of nitrogens with zero attached hydrogens (tertiary/aromatic N) is 2. The lowest BCUT2D eigenvalue weighted by Gasteiger charge is -2.25. The summed E-state index contributed by atoms with van der Waals surface area (Å²) in [5.74, 6) is -0.692. The summed E-state index contributed by atoms with van der Waals surface area (Å²) in [6.07, 6.45) is -4.63. The molecule has 1 aliphatic rings. The average molecular weight is 406 g/mol. The smallest absolute Gasteiger partial charge is 0.379 e. The van der Waals surface area contributed by atoms with E-state index in [0.717, 1.165) is 30.2 Å². The predicted molar refractivity (Wildman–Crippen MR) is 92.6 cm³/mol. The fraction of sp³-hybridized carbons (Fsp3) is 0.375. The van der Waals surface area contributed by atoms with Crippen molar-refractivity contribution in [3.8, 4) is 0 Å². The molecule has 3 rings (SSSR count). The number of aromatic nitrogens is 1. The first-order valence-electron chi connectivity index (χ1n) is 7.75. The number of benzene rings is 1. The molecule has 1 aromatic heterocycles. The Bertz CT molecular complexity index is 791. The van der Waals surface area contributed by atoms with Gasteiger partial charge >= 0.3 is 6.18 Å². The summed E-state index contributed by atoms with van der Waals surface area (Å²) >= 11 is 6.93. The second-order valence-corrected chi connectivity index (χ2v) is 7.04. The van der Waals surface area contributed by atoms with Gasteiger partial charge in [-0.05, 0) is 18.2 Å². The van der Waals surface area contributed by atoms with Gasteiger partial charge in [-0.1, -0.05) is 11.6 Å². The summed E-state index contributed by atoms with van der Waals surface area (Å²) in [6.45, 7) is 3.43. The van der Waals surface area contributed by atoms with Gasteiger partial charge in [0.25, 0.3) is 5.91 Å². The van der Waals surface area contributed by atoms with Crippen LogP contribution in [0.15, 0.2) is 23.6 Å². The summed E-state index contributed by atoms with van der Waals surface area (Å²) in [7, 11) is 0. The quantitative estimate of drug-likeness (QED) is 0.838. The van der Waals surface area contributed by atoms with Crippen LogP contribution in [0, 0.1) is 0 Å². The van der Waals surface area contributed by atoms with Crippen molar-refractivity contribution in [1.82, 2.24) is 9.88 Å². The van der Waals surface area contributed by atoms with Crippen LogP contribution in [0.25, 0.3) is 0 Å². The molecule has 1 fully saturated rings. The minimum absolute atomic E-state index is 0.0585. The van der Waals surface area contributed by atoms with Crippen molar-refractivity contribution in [2.45, 2.75) is 12.7 Å². The van der Waals surface area contributed by atoms with Crippen LogP contribution in [0.1, 0.15) is 21.1 Å². The highest BCUT2D eigenvalue weighted by atomic mass is 35.5. The van der Waals surface area contributed by atoms with Crippen molar-refractivity contribution in [2.75, 3.05) is 31.6 Å². The number of hydrogen-bond acceptors (Lipinski definition) is 5. The minimum atomic E-state index is -4.63. The summed E-state index contributed by atoms with van der Waals surface area (Å²) in [5.41, 5.74) is -1.27.